The number of hydrogen-bond donors (Lipinski definition) is 4. The Labute approximate surface area is 235 Å². The third kappa shape index (κ3) is 13.4. The van der Waals surface area contributed by atoms with Gasteiger partial charge in [-0.3, -0.25) is 4.99 Å². The Kier molecular flexibility index (Phi) is 15.4. The molecule has 0 amide bonds. The van der Waals surface area contributed by atoms with Crippen molar-refractivity contribution in [3.8, 4) is 6.07 Å². The lowest BCUT2D eigenvalue weighted by atomic mass is 10.1. The predicted molar refractivity (Wildman–Crippen MR) is 153 cm³/mol. The summed E-state index contributed by atoms with van der Waals surface area (Å²) in [5.74, 6) is -0.492. The molecule has 0 fully saturated rings. The van der Waals surface area contributed by atoms with Crippen molar-refractivity contribution >= 4 is 41.5 Å². The molecule has 40 heavy (non-hydrogen) atoms. The van der Waals surface area contributed by atoms with Gasteiger partial charge in [-0.05, 0) is 38.1 Å². The smallest absolute Gasteiger partial charge is 0.403 e. The summed E-state index contributed by atoms with van der Waals surface area (Å²) < 4.78 is 59.8. The Hall–Kier alpha value is -4.38. The molecule has 8 nitrogen and oxygen atoms in total. The van der Waals surface area contributed by atoms with E-state index in [4.69, 9.17) is 11.0 Å². The van der Waals surface area contributed by atoms with Crippen molar-refractivity contribution in [1.29, 1.82) is 5.26 Å². The van der Waals surface area contributed by atoms with Crippen molar-refractivity contribution in [1.82, 2.24) is 9.97 Å². The molecule has 5 N–H and O–H groups in total. The van der Waals surface area contributed by atoms with E-state index in [-0.39, 0.29) is 40.6 Å². The number of halogens is 5. The Bertz CT molecular complexity index is 1250. The highest BCUT2D eigenvalue weighted by molar-refractivity contribution is 7.94. The number of rotatable bonds is 10. The average molecular weight is 583 g/mol. The lowest BCUT2D eigenvalue weighted by Gasteiger charge is -2.14. The molecule has 216 valence electrons. The highest BCUT2D eigenvalue weighted by atomic mass is 32.2. The van der Waals surface area contributed by atoms with Gasteiger partial charge in [0.15, 0.2) is 5.82 Å². The van der Waals surface area contributed by atoms with E-state index in [9.17, 15) is 21.4 Å². The topological polar surface area (TPSA) is 124 Å². The summed E-state index contributed by atoms with van der Waals surface area (Å²) in [5.41, 5.74) is 6.07. The van der Waals surface area contributed by atoms with Crippen molar-refractivity contribution in [3.63, 3.8) is 0 Å². The number of alkyl halides is 3. The summed E-state index contributed by atoms with van der Waals surface area (Å²) in [7, 11) is 0. The van der Waals surface area contributed by atoms with E-state index in [0.29, 0.717) is 17.1 Å². The molecule has 0 saturated carbocycles. The lowest BCUT2D eigenvalue weighted by molar-refractivity contribution is -0.0795. The Morgan fingerprint density at radius 3 is 2.33 bits per heavy atom. The second-order valence-corrected chi connectivity index (χ2v) is 8.17. The highest BCUT2D eigenvalue weighted by Crippen LogP contribution is 2.31. The van der Waals surface area contributed by atoms with Crippen molar-refractivity contribution in [2.24, 2.45) is 10.7 Å². The zero-order valence-corrected chi connectivity index (χ0v) is 23.2. The molecule has 0 atom stereocenters. The van der Waals surface area contributed by atoms with Crippen LogP contribution in [0.2, 0.25) is 0 Å². The van der Waals surface area contributed by atoms with Crippen LogP contribution in [0.3, 0.4) is 0 Å². The summed E-state index contributed by atoms with van der Waals surface area (Å²) in [6.07, 6.45) is 1.06. The zero-order valence-electron chi connectivity index (χ0n) is 22.4. The first-order valence-corrected chi connectivity index (χ1v) is 12.2. The number of nitrogens with zero attached hydrogens (tertiary/aromatic N) is 4. The molecular formula is C26H31F5N8S. The van der Waals surface area contributed by atoms with Gasteiger partial charge in [-0.25, -0.2) is 9.37 Å². The minimum atomic E-state index is -4.19. The summed E-state index contributed by atoms with van der Waals surface area (Å²) in [4.78, 5) is 12.4. The van der Waals surface area contributed by atoms with Gasteiger partial charge in [-0.2, -0.15) is 27.3 Å². The standard InChI is InChI=1S/C21H22F2N8S.C3H3F3.C2H6/c1-5-13(2)28-14-6-7-16(22)17(8-14)30-19-18(32-23)11-26-20(31-19)29-15(9-24)10-27-21(3,4)12-25;1-2-3(4,5)6;1-2/h5-11,28H,1-2,24H2,3-4H3,(H2,26,29,30,31);2H,1H2;1-2H3/b15-9+,27-10?;;. The van der Waals surface area contributed by atoms with Crippen LogP contribution in [-0.2, 0) is 0 Å². The van der Waals surface area contributed by atoms with Gasteiger partial charge in [0.05, 0.1) is 35.8 Å². The van der Waals surface area contributed by atoms with Gasteiger partial charge in [0.25, 0.3) is 0 Å². The molecule has 0 unspecified atom stereocenters. The molecule has 2 aromatic rings. The molecule has 1 aromatic heterocycles. The molecule has 1 heterocycles. The maximum absolute atomic E-state index is 14.4. The van der Waals surface area contributed by atoms with Crippen LogP contribution in [0.1, 0.15) is 27.7 Å². The summed E-state index contributed by atoms with van der Waals surface area (Å²) in [6, 6.07) is 6.27. The van der Waals surface area contributed by atoms with Crippen LogP contribution in [0.5, 0.6) is 0 Å². The van der Waals surface area contributed by atoms with Crippen LogP contribution >= 0.6 is 12.1 Å². The van der Waals surface area contributed by atoms with Crippen LogP contribution in [0.4, 0.5) is 44.6 Å². The van der Waals surface area contributed by atoms with E-state index in [1.165, 1.54) is 42.9 Å². The fourth-order valence-electron chi connectivity index (χ4n) is 2.15. The van der Waals surface area contributed by atoms with Gasteiger partial charge < -0.3 is 21.7 Å². The summed E-state index contributed by atoms with van der Waals surface area (Å²) >= 11 is -0.0935. The van der Waals surface area contributed by atoms with Crippen molar-refractivity contribution < 1.29 is 21.4 Å². The number of nitrogens with two attached hydrogens (primary N) is 1. The number of anilines is 4. The molecular weight excluding hydrogens is 551 g/mol. The van der Waals surface area contributed by atoms with E-state index in [0.717, 1.165) is 0 Å². The second kappa shape index (κ2) is 17.3. The molecule has 0 radical (unpaired) electrons. The van der Waals surface area contributed by atoms with Gasteiger partial charge in [-0.15, -0.1) is 0 Å². The number of allylic oxidation sites excluding steroid dienone is 3. The maximum atomic E-state index is 14.4. The minimum absolute atomic E-state index is 0.0271. The molecule has 14 heteroatoms. The van der Waals surface area contributed by atoms with Crippen molar-refractivity contribution in [3.05, 3.63) is 79.7 Å². The zero-order chi connectivity index (χ0) is 30.9. The molecule has 0 aliphatic carbocycles. The highest BCUT2D eigenvalue weighted by Gasteiger charge is 2.20. The Morgan fingerprint density at radius 1 is 1.20 bits per heavy atom. The number of aromatic nitrogens is 2. The van der Waals surface area contributed by atoms with Crippen LogP contribution < -0.4 is 21.7 Å². The number of aliphatic imine (C=N–C) groups is 1. The van der Waals surface area contributed by atoms with Crippen LogP contribution in [0.25, 0.3) is 0 Å². The average Bonchev–Trinajstić information content (AvgIpc) is 2.94. The van der Waals surface area contributed by atoms with Gasteiger partial charge in [-0.1, -0.05) is 33.6 Å². The number of hydrogen-bond acceptors (Lipinski definition) is 9. The Balaban J connectivity index is 0.00000168. The van der Waals surface area contributed by atoms with Crippen LogP contribution in [-0.4, -0.2) is 27.9 Å². The first-order chi connectivity index (χ1) is 18.8. The summed E-state index contributed by atoms with van der Waals surface area (Å²) in [6.45, 7) is 17.1. The third-order valence-electron chi connectivity index (χ3n) is 4.08. The van der Waals surface area contributed by atoms with E-state index in [1.54, 1.807) is 13.8 Å². The molecule has 0 saturated heterocycles. The fraction of sp³-hybridized carbons (Fsp3) is 0.231. The monoisotopic (exact) mass is 582 g/mol. The molecule has 0 aliphatic heterocycles. The molecule has 0 aliphatic rings. The van der Waals surface area contributed by atoms with E-state index < -0.39 is 17.5 Å². The first kappa shape index (κ1) is 35.6. The van der Waals surface area contributed by atoms with E-state index >= 15 is 0 Å². The van der Waals surface area contributed by atoms with Crippen LogP contribution in [0, 0.1) is 17.1 Å². The largest absolute Gasteiger partial charge is 0.409 e. The summed E-state index contributed by atoms with van der Waals surface area (Å²) in [5, 5.41) is 17.6. The molecule has 0 bridgehead atoms. The van der Waals surface area contributed by atoms with Crippen LogP contribution in [0.15, 0.2) is 83.8 Å². The van der Waals surface area contributed by atoms with Gasteiger partial charge in [0.2, 0.25) is 5.95 Å². The van der Waals surface area contributed by atoms with Gasteiger partial charge >= 0.3 is 6.18 Å². The van der Waals surface area contributed by atoms with Gasteiger partial charge in [0.1, 0.15) is 16.3 Å². The molecule has 1 aromatic carbocycles. The lowest BCUT2D eigenvalue weighted by Crippen LogP contribution is -2.15. The molecule has 2 rings (SSSR count). The number of benzene rings is 1. The maximum Gasteiger partial charge on any atom is 0.409 e. The predicted octanol–water partition coefficient (Wildman–Crippen LogP) is 7.79. The van der Waals surface area contributed by atoms with Gasteiger partial charge in [0, 0.05) is 29.9 Å². The molecule has 0 spiro atoms. The van der Waals surface area contributed by atoms with Crippen molar-refractivity contribution in [2.75, 3.05) is 16.0 Å². The quantitative estimate of drug-likeness (QED) is 0.0968. The number of nitriles is 1. The SMILES string of the molecule is C=CC(=C)Nc1ccc(F)c(Nc2nc(N/C(C=NC(C)(C)C#N)=C/N)ncc2SF)c1.C=CC(F)(F)F.CC. The van der Waals surface area contributed by atoms with Crippen molar-refractivity contribution in [2.45, 2.75) is 44.3 Å². The van der Waals surface area contributed by atoms with E-state index in [2.05, 4.69) is 50.6 Å². The first-order valence-electron chi connectivity index (χ1n) is 11.4. The minimum Gasteiger partial charge on any atom is -0.403 e. The number of nitrogens with one attached hydrogen (secondary N) is 3. The van der Waals surface area contributed by atoms with E-state index in [1.807, 2.05) is 19.9 Å². The normalized spacial score (nSPS) is 11.2. The fourth-order valence-corrected chi connectivity index (χ4v) is 2.41. The second-order valence-electron chi connectivity index (χ2n) is 7.58. The third-order valence-corrected chi connectivity index (χ3v) is 4.54. The Morgan fingerprint density at radius 2 is 1.82 bits per heavy atom.